The first-order valence-corrected chi connectivity index (χ1v) is 9.33. The lowest BCUT2D eigenvalue weighted by Crippen LogP contribution is -2.29. The van der Waals surface area contributed by atoms with E-state index in [9.17, 15) is 9.59 Å². The molecule has 0 aromatic heterocycles. The SMILES string of the molecule is CCc1ccc(Cl)c(CC)c1NC(=O)CCNC(=O)Cc1ccccc1. The standard InChI is InChI=1S/C21H25ClN2O2/c1-3-16-10-11-18(22)17(4-2)21(16)24-19(25)12-13-23-20(26)14-15-8-6-5-7-9-15/h5-11H,3-4,12-14H2,1-2H3,(H,23,26)(H,24,25). The monoisotopic (exact) mass is 372 g/mol. The van der Waals surface area contributed by atoms with Gasteiger partial charge in [-0.05, 0) is 35.6 Å². The Hall–Kier alpha value is -2.33. The molecule has 0 aliphatic rings. The van der Waals surface area contributed by atoms with Gasteiger partial charge in [0.2, 0.25) is 11.8 Å². The summed E-state index contributed by atoms with van der Waals surface area (Å²) in [5, 5.41) is 6.42. The second-order valence-corrected chi connectivity index (χ2v) is 6.48. The molecule has 2 amide bonds. The van der Waals surface area contributed by atoms with E-state index in [1.54, 1.807) is 0 Å². The molecule has 0 heterocycles. The fourth-order valence-corrected chi connectivity index (χ4v) is 3.12. The molecule has 0 saturated carbocycles. The van der Waals surface area contributed by atoms with Gasteiger partial charge in [-0.2, -0.15) is 0 Å². The molecule has 2 N–H and O–H groups in total. The average molecular weight is 373 g/mol. The molecule has 0 radical (unpaired) electrons. The Balaban J connectivity index is 1.87. The van der Waals surface area contributed by atoms with Crippen LogP contribution in [-0.2, 0) is 28.9 Å². The minimum Gasteiger partial charge on any atom is -0.355 e. The van der Waals surface area contributed by atoms with Crippen molar-refractivity contribution < 1.29 is 9.59 Å². The van der Waals surface area contributed by atoms with Crippen molar-refractivity contribution in [2.45, 2.75) is 39.5 Å². The summed E-state index contributed by atoms with van der Waals surface area (Å²) < 4.78 is 0. The Morgan fingerprint density at radius 2 is 1.69 bits per heavy atom. The van der Waals surface area contributed by atoms with E-state index in [-0.39, 0.29) is 18.2 Å². The second kappa shape index (κ2) is 9.97. The van der Waals surface area contributed by atoms with Crippen LogP contribution in [0.5, 0.6) is 0 Å². The van der Waals surface area contributed by atoms with Gasteiger partial charge in [-0.1, -0.05) is 61.8 Å². The third-order valence-electron chi connectivity index (χ3n) is 4.22. The Bertz CT molecular complexity index is 760. The predicted molar refractivity (Wildman–Crippen MR) is 107 cm³/mol. The van der Waals surface area contributed by atoms with Gasteiger partial charge in [0, 0.05) is 23.7 Å². The topological polar surface area (TPSA) is 58.2 Å². The summed E-state index contributed by atoms with van der Waals surface area (Å²) in [6.45, 7) is 4.36. The van der Waals surface area contributed by atoms with Gasteiger partial charge in [-0.25, -0.2) is 0 Å². The lowest BCUT2D eigenvalue weighted by molar-refractivity contribution is -0.120. The van der Waals surface area contributed by atoms with E-state index < -0.39 is 0 Å². The van der Waals surface area contributed by atoms with E-state index in [0.717, 1.165) is 35.2 Å². The molecule has 0 spiro atoms. The molecular weight excluding hydrogens is 348 g/mol. The molecule has 0 saturated heterocycles. The Labute approximate surface area is 159 Å². The van der Waals surface area contributed by atoms with Crippen molar-refractivity contribution in [2.24, 2.45) is 0 Å². The molecule has 5 heteroatoms. The minimum absolute atomic E-state index is 0.0877. The summed E-state index contributed by atoms with van der Waals surface area (Å²) >= 11 is 6.26. The highest BCUT2D eigenvalue weighted by molar-refractivity contribution is 6.32. The van der Waals surface area contributed by atoms with E-state index >= 15 is 0 Å². The number of hydrogen-bond acceptors (Lipinski definition) is 2. The largest absolute Gasteiger partial charge is 0.355 e. The maximum absolute atomic E-state index is 12.3. The summed E-state index contributed by atoms with van der Waals surface area (Å²) in [6.07, 6.45) is 2.10. The number of benzene rings is 2. The van der Waals surface area contributed by atoms with Crippen molar-refractivity contribution in [3.63, 3.8) is 0 Å². The molecule has 2 aromatic carbocycles. The predicted octanol–water partition coefficient (Wildman–Crippen LogP) is 4.15. The molecule has 4 nitrogen and oxygen atoms in total. The summed E-state index contributed by atoms with van der Waals surface area (Å²) in [6, 6.07) is 13.3. The molecular formula is C21H25ClN2O2. The van der Waals surface area contributed by atoms with E-state index in [4.69, 9.17) is 11.6 Å². The number of hydrogen-bond donors (Lipinski definition) is 2. The van der Waals surface area contributed by atoms with Gasteiger partial charge in [-0.15, -0.1) is 0 Å². The van der Waals surface area contributed by atoms with Crippen LogP contribution in [0.15, 0.2) is 42.5 Å². The van der Waals surface area contributed by atoms with Gasteiger partial charge in [0.1, 0.15) is 0 Å². The Morgan fingerprint density at radius 1 is 0.962 bits per heavy atom. The molecule has 2 aromatic rings. The van der Waals surface area contributed by atoms with E-state index in [1.165, 1.54) is 0 Å². The molecule has 26 heavy (non-hydrogen) atoms. The van der Waals surface area contributed by atoms with Gasteiger partial charge in [0.05, 0.1) is 6.42 Å². The quantitative estimate of drug-likeness (QED) is 0.731. The zero-order valence-corrected chi connectivity index (χ0v) is 16.0. The summed E-state index contributed by atoms with van der Waals surface area (Å²) in [5.41, 5.74) is 3.77. The van der Waals surface area contributed by atoms with Crippen LogP contribution >= 0.6 is 11.6 Å². The van der Waals surface area contributed by atoms with E-state index in [2.05, 4.69) is 10.6 Å². The van der Waals surface area contributed by atoms with Gasteiger partial charge in [-0.3, -0.25) is 9.59 Å². The maximum Gasteiger partial charge on any atom is 0.226 e. The second-order valence-electron chi connectivity index (χ2n) is 6.08. The van der Waals surface area contributed by atoms with Gasteiger partial charge >= 0.3 is 0 Å². The van der Waals surface area contributed by atoms with Crippen molar-refractivity contribution in [2.75, 3.05) is 11.9 Å². The number of carbonyl (C=O) groups is 2. The Kier molecular flexibility index (Phi) is 7.67. The number of amides is 2. The normalized spacial score (nSPS) is 10.4. The zero-order chi connectivity index (χ0) is 18.9. The highest BCUT2D eigenvalue weighted by atomic mass is 35.5. The molecule has 138 valence electrons. The maximum atomic E-state index is 12.3. The van der Waals surface area contributed by atoms with Crippen molar-refractivity contribution in [1.29, 1.82) is 0 Å². The molecule has 0 fully saturated rings. The van der Waals surface area contributed by atoms with Crippen LogP contribution in [0.4, 0.5) is 5.69 Å². The van der Waals surface area contributed by atoms with Crippen LogP contribution in [0.1, 0.15) is 37.0 Å². The number of nitrogens with one attached hydrogen (secondary N) is 2. The van der Waals surface area contributed by atoms with Crippen LogP contribution in [0.2, 0.25) is 5.02 Å². The fraction of sp³-hybridized carbons (Fsp3) is 0.333. The van der Waals surface area contributed by atoms with Gasteiger partial charge < -0.3 is 10.6 Å². The van der Waals surface area contributed by atoms with E-state index in [1.807, 2.05) is 56.3 Å². The highest BCUT2D eigenvalue weighted by Gasteiger charge is 2.13. The lowest BCUT2D eigenvalue weighted by Gasteiger charge is -2.16. The van der Waals surface area contributed by atoms with Crippen molar-refractivity contribution >= 4 is 29.1 Å². The van der Waals surface area contributed by atoms with Crippen molar-refractivity contribution in [3.8, 4) is 0 Å². The number of aryl methyl sites for hydroxylation is 1. The van der Waals surface area contributed by atoms with Crippen molar-refractivity contribution in [3.05, 3.63) is 64.2 Å². The molecule has 0 aliphatic heterocycles. The average Bonchev–Trinajstić information content (AvgIpc) is 2.63. The number of anilines is 1. The minimum atomic E-state index is -0.128. The molecule has 2 rings (SSSR count). The van der Waals surface area contributed by atoms with Crippen LogP contribution in [0, 0.1) is 0 Å². The number of halogens is 1. The van der Waals surface area contributed by atoms with Crippen molar-refractivity contribution in [1.82, 2.24) is 5.32 Å². The zero-order valence-electron chi connectivity index (χ0n) is 15.3. The first-order valence-electron chi connectivity index (χ1n) is 8.95. The molecule has 0 unspecified atom stereocenters. The fourth-order valence-electron chi connectivity index (χ4n) is 2.83. The Morgan fingerprint density at radius 3 is 2.35 bits per heavy atom. The molecule has 0 aliphatic carbocycles. The number of rotatable bonds is 8. The third kappa shape index (κ3) is 5.60. The summed E-state index contributed by atoms with van der Waals surface area (Å²) in [5.74, 6) is -0.216. The molecule has 0 bridgehead atoms. The van der Waals surface area contributed by atoms with Crippen LogP contribution in [0.25, 0.3) is 0 Å². The highest BCUT2D eigenvalue weighted by Crippen LogP contribution is 2.29. The van der Waals surface area contributed by atoms with Gasteiger partial charge in [0.15, 0.2) is 0 Å². The van der Waals surface area contributed by atoms with Crippen LogP contribution in [0.3, 0.4) is 0 Å². The van der Waals surface area contributed by atoms with E-state index in [0.29, 0.717) is 18.0 Å². The first kappa shape index (κ1) is 20.0. The lowest BCUT2D eigenvalue weighted by atomic mass is 10.0. The van der Waals surface area contributed by atoms with Gasteiger partial charge in [0.25, 0.3) is 0 Å². The smallest absolute Gasteiger partial charge is 0.226 e. The summed E-state index contributed by atoms with van der Waals surface area (Å²) in [4.78, 5) is 24.2. The third-order valence-corrected chi connectivity index (χ3v) is 4.58. The number of carbonyl (C=O) groups excluding carboxylic acids is 2. The molecule has 0 atom stereocenters. The first-order chi connectivity index (χ1) is 12.5. The van der Waals surface area contributed by atoms with Crippen LogP contribution in [-0.4, -0.2) is 18.4 Å². The van der Waals surface area contributed by atoms with Crippen LogP contribution < -0.4 is 10.6 Å². The summed E-state index contributed by atoms with van der Waals surface area (Å²) in [7, 11) is 0.